The van der Waals surface area contributed by atoms with Crippen molar-refractivity contribution in [2.24, 2.45) is 12.2 Å². The van der Waals surface area contributed by atoms with Crippen LogP contribution in [0.25, 0.3) is 0 Å². The highest BCUT2D eigenvalue weighted by atomic mass is 79.9. The Hall–Kier alpha value is -1.23. The fourth-order valence-corrected chi connectivity index (χ4v) is 3.50. The van der Waals surface area contributed by atoms with Crippen molar-refractivity contribution in [1.29, 1.82) is 0 Å². The van der Waals surface area contributed by atoms with Crippen LogP contribution in [0.1, 0.15) is 10.4 Å². The van der Waals surface area contributed by atoms with Crippen molar-refractivity contribution in [3.05, 3.63) is 38.9 Å². The van der Waals surface area contributed by atoms with Crippen molar-refractivity contribution in [2.75, 3.05) is 5.32 Å². The summed E-state index contributed by atoms with van der Waals surface area (Å²) in [6.45, 7) is 0. The van der Waals surface area contributed by atoms with Crippen LogP contribution in [-0.2, 0) is 17.1 Å². The van der Waals surface area contributed by atoms with E-state index in [0.717, 1.165) is 4.47 Å². The minimum atomic E-state index is -3.97. The zero-order valence-electron chi connectivity index (χ0n) is 10.7. The molecular weight excluding hydrogens is 428 g/mol. The summed E-state index contributed by atoms with van der Waals surface area (Å²) in [7, 11) is -2.45. The molecule has 2 rings (SSSR count). The lowest BCUT2D eigenvalue weighted by molar-refractivity contribution is 0.102. The second kappa shape index (κ2) is 5.87. The highest BCUT2D eigenvalue weighted by Gasteiger charge is 2.21. The summed E-state index contributed by atoms with van der Waals surface area (Å²) in [5, 5.41) is 11.4. The van der Waals surface area contributed by atoms with E-state index in [1.807, 2.05) is 0 Å². The fraction of sp³-hybridized carbons (Fsp3) is 0.0909. The van der Waals surface area contributed by atoms with Crippen molar-refractivity contribution < 1.29 is 13.2 Å². The van der Waals surface area contributed by atoms with Gasteiger partial charge in [0.1, 0.15) is 4.90 Å². The molecule has 0 aliphatic rings. The van der Waals surface area contributed by atoms with Gasteiger partial charge in [0.2, 0.25) is 10.0 Å². The number of halogens is 2. The molecule has 10 heteroatoms. The van der Waals surface area contributed by atoms with Crippen LogP contribution in [0.5, 0.6) is 0 Å². The van der Waals surface area contributed by atoms with Crippen LogP contribution in [0.2, 0.25) is 0 Å². The maximum Gasteiger partial charge on any atom is 0.258 e. The van der Waals surface area contributed by atoms with Crippen LogP contribution >= 0.6 is 31.9 Å². The highest BCUT2D eigenvalue weighted by Crippen LogP contribution is 2.24. The summed E-state index contributed by atoms with van der Waals surface area (Å²) < 4.78 is 25.5. The molecule has 0 aliphatic heterocycles. The number of nitrogens with one attached hydrogen (secondary N) is 1. The lowest BCUT2D eigenvalue weighted by Gasteiger charge is -2.06. The molecule has 0 saturated carbocycles. The molecule has 0 radical (unpaired) electrons. The van der Waals surface area contributed by atoms with E-state index >= 15 is 0 Å². The topological polar surface area (TPSA) is 107 Å². The Morgan fingerprint density at radius 3 is 2.62 bits per heavy atom. The van der Waals surface area contributed by atoms with Gasteiger partial charge in [-0.15, -0.1) is 0 Å². The van der Waals surface area contributed by atoms with Crippen LogP contribution in [0.15, 0.2) is 38.2 Å². The summed E-state index contributed by atoms with van der Waals surface area (Å²) in [6.07, 6.45) is 1.22. The van der Waals surface area contributed by atoms with Crippen LogP contribution in [0.3, 0.4) is 0 Å². The first kappa shape index (κ1) is 16.1. The number of sulfonamides is 1. The monoisotopic (exact) mass is 436 g/mol. The van der Waals surface area contributed by atoms with Gasteiger partial charge in [0.05, 0.1) is 5.56 Å². The third-order valence-electron chi connectivity index (χ3n) is 2.51. The number of aromatic nitrogens is 2. The lowest BCUT2D eigenvalue weighted by Crippen LogP contribution is -2.18. The first-order chi connectivity index (χ1) is 9.68. The molecule has 1 heterocycles. The summed E-state index contributed by atoms with van der Waals surface area (Å²) in [4.78, 5) is 11.9. The Morgan fingerprint density at radius 1 is 1.38 bits per heavy atom. The Labute approximate surface area is 137 Å². The third kappa shape index (κ3) is 3.70. The summed E-state index contributed by atoms with van der Waals surface area (Å²) in [6, 6.07) is 4.98. The average molecular weight is 438 g/mol. The number of aryl methyl sites for hydroxylation is 1. The molecule has 0 atom stereocenters. The van der Waals surface area contributed by atoms with Gasteiger partial charge in [-0.3, -0.25) is 9.48 Å². The smallest absolute Gasteiger partial charge is 0.258 e. The largest absolute Gasteiger partial charge is 0.304 e. The van der Waals surface area contributed by atoms with Crippen molar-refractivity contribution in [3.63, 3.8) is 0 Å². The highest BCUT2D eigenvalue weighted by molar-refractivity contribution is 9.11. The van der Waals surface area contributed by atoms with Crippen molar-refractivity contribution >= 4 is 53.6 Å². The Balaban J connectivity index is 2.36. The molecular formula is C11H10Br2N4O3S. The van der Waals surface area contributed by atoms with E-state index in [0.29, 0.717) is 10.0 Å². The Kier molecular flexibility index (Phi) is 4.51. The van der Waals surface area contributed by atoms with Crippen molar-refractivity contribution in [3.8, 4) is 0 Å². The quantitative estimate of drug-likeness (QED) is 0.763. The summed E-state index contributed by atoms with van der Waals surface area (Å²) in [5.41, 5.74) is 0.337. The molecule has 21 heavy (non-hydrogen) atoms. The maximum absolute atomic E-state index is 12.2. The normalized spacial score (nSPS) is 11.4. The molecule has 1 aromatic carbocycles. The second-order valence-electron chi connectivity index (χ2n) is 4.14. The Morgan fingerprint density at radius 2 is 2.05 bits per heavy atom. The molecule has 0 fully saturated rings. The Bertz CT molecular complexity index is 817. The standard InChI is InChI=1S/C11H10Br2N4O3S/c1-17-5-9(21(14,19)20)10(16-17)15-11(18)7-3-2-6(12)4-8(7)13/h2-5H,1H3,(H2,14,19,20)(H,15,16,18). The number of carbonyl (C=O) groups excluding carboxylic acids is 1. The van der Waals surface area contributed by atoms with Gasteiger partial charge >= 0.3 is 0 Å². The number of nitrogens with zero attached hydrogens (tertiary/aromatic N) is 2. The third-order valence-corrected chi connectivity index (χ3v) is 4.57. The van der Waals surface area contributed by atoms with Gasteiger partial charge in [-0.25, -0.2) is 13.6 Å². The van der Waals surface area contributed by atoms with Crippen LogP contribution < -0.4 is 10.5 Å². The van der Waals surface area contributed by atoms with E-state index in [1.165, 1.54) is 17.9 Å². The summed E-state index contributed by atoms with van der Waals surface area (Å²) in [5.74, 6) is -0.613. The van der Waals surface area contributed by atoms with E-state index in [9.17, 15) is 13.2 Å². The van der Waals surface area contributed by atoms with Crippen LogP contribution in [0, 0.1) is 0 Å². The molecule has 1 aromatic heterocycles. The maximum atomic E-state index is 12.2. The van der Waals surface area contributed by atoms with Crippen LogP contribution in [-0.4, -0.2) is 24.1 Å². The predicted octanol–water partition coefficient (Wildman–Crippen LogP) is 1.84. The number of rotatable bonds is 3. The van der Waals surface area contributed by atoms with Gasteiger partial charge in [0.25, 0.3) is 5.91 Å². The van der Waals surface area contributed by atoms with Gasteiger partial charge in [-0.1, -0.05) is 15.9 Å². The minimum absolute atomic E-state index is 0.111. The number of carbonyl (C=O) groups is 1. The van der Waals surface area contributed by atoms with E-state index < -0.39 is 15.9 Å². The molecule has 0 unspecified atom stereocenters. The number of benzene rings is 1. The van der Waals surface area contributed by atoms with E-state index in [4.69, 9.17) is 5.14 Å². The van der Waals surface area contributed by atoms with Gasteiger partial charge < -0.3 is 5.32 Å². The average Bonchev–Trinajstić information content (AvgIpc) is 2.69. The van der Waals surface area contributed by atoms with Gasteiger partial charge in [-0.05, 0) is 34.1 Å². The summed E-state index contributed by atoms with van der Waals surface area (Å²) >= 11 is 6.54. The van der Waals surface area contributed by atoms with Gasteiger partial charge in [-0.2, -0.15) is 5.10 Å². The van der Waals surface area contributed by atoms with E-state index in [2.05, 4.69) is 42.3 Å². The first-order valence-corrected chi connectivity index (χ1v) is 8.64. The van der Waals surface area contributed by atoms with Crippen molar-refractivity contribution in [2.45, 2.75) is 4.90 Å². The molecule has 112 valence electrons. The first-order valence-electron chi connectivity index (χ1n) is 5.51. The zero-order valence-corrected chi connectivity index (χ0v) is 14.7. The fourth-order valence-electron chi connectivity index (χ4n) is 1.61. The second-order valence-corrected chi connectivity index (χ2v) is 7.44. The molecule has 0 saturated heterocycles. The van der Waals surface area contributed by atoms with Gasteiger partial charge in [0.15, 0.2) is 5.82 Å². The molecule has 1 amide bonds. The number of hydrogen-bond donors (Lipinski definition) is 2. The van der Waals surface area contributed by atoms with E-state index in [-0.39, 0.29) is 10.7 Å². The number of primary sulfonamides is 1. The number of hydrogen-bond acceptors (Lipinski definition) is 4. The molecule has 7 nitrogen and oxygen atoms in total. The van der Waals surface area contributed by atoms with E-state index in [1.54, 1.807) is 18.2 Å². The number of nitrogens with two attached hydrogens (primary N) is 1. The zero-order chi connectivity index (χ0) is 15.8. The minimum Gasteiger partial charge on any atom is -0.304 e. The molecule has 2 aromatic rings. The number of amides is 1. The number of anilines is 1. The molecule has 3 N–H and O–H groups in total. The predicted molar refractivity (Wildman–Crippen MR) is 84.4 cm³/mol. The SMILES string of the molecule is Cn1cc(S(N)(=O)=O)c(NC(=O)c2ccc(Br)cc2Br)n1. The van der Waals surface area contributed by atoms with Crippen molar-refractivity contribution in [1.82, 2.24) is 9.78 Å². The lowest BCUT2D eigenvalue weighted by atomic mass is 10.2. The molecule has 0 spiro atoms. The van der Waals surface area contributed by atoms with Gasteiger partial charge in [0, 0.05) is 22.2 Å². The molecule has 0 aliphatic carbocycles. The molecule has 0 bridgehead atoms. The van der Waals surface area contributed by atoms with Crippen LogP contribution in [0.4, 0.5) is 5.82 Å².